The van der Waals surface area contributed by atoms with Gasteiger partial charge in [0, 0.05) is 11.6 Å². The van der Waals surface area contributed by atoms with Gasteiger partial charge in [-0.3, -0.25) is 0 Å². The van der Waals surface area contributed by atoms with Crippen molar-refractivity contribution in [2.45, 2.75) is 19.9 Å². The first-order valence-corrected chi connectivity index (χ1v) is 7.71. The molecule has 0 aliphatic carbocycles. The lowest BCUT2D eigenvalue weighted by molar-refractivity contribution is 0.311. The van der Waals surface area contributed by atoms with Gasteiger partial charge in [0.25, 0.3) is 0 Å². The smallest absolute Gasteiger partial charge is 0.167 e. The van der Waals surface area contributed by atoms with Gasteiger partial charge in [-0.05, 0) is 51.2 Å². The molecule has 1 unspecified atom stereocenters. The van der Waals surface area contributed by atoms with Crippen LogP contribution in [0.1, 0.15) is 28.4 Å². The molecule has 1 N–H and O–H groups in total. The van der Waals surface area contributed by atoms with Gasteiger partial charge in [0.05, 0.1) is 11.7 Å². The minimum absolute atomic E-state index is 0.127. The molecule has 0 bridgehead atoms. The molecule has 1 aromatic carbocycles. The summed E-state index contributed by atoms with van der Waals surface area (Å²) in [6.45, 7) is 4.35. The predicted octanol–water partition coefficient (Wildman–Crippen LogP) is 3.33. The molecular weight excluding hydrogens is 310 g/mol. The Morgan fingerprint density at radius 1 is 1.22 bits per heavy atom. The van der Waals surface area contributed by atoms with Gasteiger partial charge in [0.15, 0.2) is 5.82 Å². The quantitative estimate of drug-likeness (QED) is 0.911. The Morgan fingerprint density at radius 3 is 2.43 bits per heavy atom. The molecule has 0 saturated heterocycles. The molecule has 23 heavy (non-hydrogen) atoms. The molecular formula is C17H20ClN5. The Bertz CT molecular complexity index is 719. The van der Waals surface area contributed by atoms with Gasteiger partial charge >= 0.3 is 0 Å². The van der Waals surface area contributed by atoms with E-state index in [-0.39, 0.29) is 6.04 Å². The third-order valence-corrected chi connectivity index (χ3v) is 4.16. The molecule has 0 saturated carbocycles. The molecule has 0 amide bonds. The van der Waals surface area contributed by atoms with E-state index in [0.29, 0.717) is 22.9 Å². The van der Waals surface area contributed by atoms with Crippen LogP contribution in [0.2, 0.25) is 5.02 Å². The van der Waals surface area contributed by atoms with Crippen molar-refractivity contribution in [2.24, 2.45) is 0 Å². The number of likely N-dealkylation sites (N-methyl/N-ethyl adjacent to an activating group) is 1. The second-order valence-corrected chi connectivity index (χ2v) is 6.09. The van der Waals surface area contributed by atoms with Crippen LogP contribution in [0.5, 0.6) is 0 Å². The Kier molecular flexibility index (Phi) is 5.54. The highest BCUT2D eigenvalue weighted by Crippen LogP contribution is 2.23. The maximum absolute atomic E-state index is 9.36. The summed E-state index contributed by atoms with van der Waals surface area (Å²) >= 11 is 5.96. The highest BCUT2D eigenvalue weighted by molar-refractivity contribution is 6.30. The molecule has 0 spiro atoms. The molecule has 6 heteroatoms. The van der Waals surface area contributed by atoms with Crippen LogP contribution >= 0.6 is 11.6 Å². The fourth-order valence-electron chi connectivity index (χ4n) is 2.35. The molecule has 0 aliphatic rings. The number of anilines is 1. The Balaban J connectivity index is 2.22. The second-order valence-electron chi connectivity index (χ2n) is 5.66. The average Bonchev–Trinajstić information content (AvgIpc) is 2.52. The molecule has 2 aromatic rings. The summed E-state index contributed by atoms with van der Waals surface area (Å²) < 4.78 is 0. The van der Waals surface area contributed by atoms with Gasteiger partial charge in [0.1, 0.15) is 11.6 Å². The lowest BCUT2D eigenvalue weighted by atomic mass is 10.1. The largest absolute Gasteiger partial charge is 0.366 e. The third kappa shape index (κ3) is 3.98. The SMILES string of the molecule is Cc1nnc(NCC(c2ccc(Cl)cc2)N(C)C)c(C#N)c1C. The molecule has 1 aromatic heterocycles. The Hall–Kier alpha value is -2.16. The van der Waals surface area contributed by atoms with E-state index in [1.54, 1.807) is 0 Å². The summed E-state index contributed by atoms with van der Waals surface area (Å²) in [5.41, 5.74) is 3.32. The zero-order chi connectivity index (χ0) is 17.0. The molecule has 1 heterocycles. The summed E-state index contributed by atoms with van der Waals surface area (Å²) in [5, 5.41) is 21.6. The minimum atomic E-state index is 0.127. The Labute approximate surface area is 141 Å². The number of benzene rings is 1. The second kappa shape index (κ2) is 7.40. The van der Waals surface area contributed by atoms with Crippen molar-refractivity contribution in [3.05, 3.63) is 51.7 Å². The normalized spacial score (nSPS) is 12.0. The summed E-state index contributed by atoms with van der Waals surface area (Å²) in [6.07, 6.45) is 0. The monoisotopic (exact) mass is 329 g/mol. The maximum atomic E-state index is 9.36. The number of aryl methyl sites for hydroxylation is 1. The summed E-state index contributed by atoms with van der Waals surface area (Å²) in [6, 6.07) is 10.1. The van der Waals surface area contributed by atoms with E-state index >= 15 is 0 Å². The number of nitrogens with one attached hydrogen (secondary N) is 1. The summed E-state index contributed by atoms with van der Waals surface area (Å²) in [5.74, 6) is 0.524. The molecule has 0 fully saturated rings. The first-order chi connectivity index (χ1) is 10.9. The van der Waals surface area contributed by atoms with E-state index in [1.165, 1.54) is 0 Å². The van der Waals surface area contributed by atoms with Gasteiger partial charge in [-0.2, -0.15) is 10.4 Å². The zero-order valence-electron chi connectivity index (χ0n) is 13.8. The van der Waals surface area contributed by atoms with E-state index in [9.17, 15) is 5.26 Å². The fraction of sp³-hybridized carbons (Fsp3) is 0.353. The first kappa shape index (κ1) is 17.2. The number of nitriles is 1. The minimum Gasteiger partial charge on any atom is -0.366 e. The summed E-state index contributed by atoms with van der Waals surface area (Å²) in [7, 11) is 4.02. The number of halogens is 1. The average molecular weight is 330 g/mol. The summed E-state index contributed by atoms with van der Waals surface area (Å²) in [4.78, 5) is 2.11. The van der Waals surface area contributed by atoms with Crippen LogP contribution in [-0.4, -0.2) is 35.7 Å². The van der Waals surface area contributed by atoms with E-state index < -0.39 is 0 Å². The third-order valence-electron chi connectivity index (χ3n) is 3.91. The van der Waals surface area contributed by atoms with Gasteiger partial charge in [0.2, 0.25) is 0 Å². The van der Waals surface area contributed by atoms with Crippen LogP contribution in [-0.2, 0) is 0 Å². The van der Waals surface area contributed by atoms with Crippen LogP contribution in [0.4, 0.5) is 5.82 Å². The van der Waals surface area contributed by atoms with Crippen LogP contribution in [0, 0.1) is 25.2 Å². The zero-order valence-corrected chi connectivity index (χ0v) is 14.5. The van der Waals surface area contributed by atoms with Crippen LogP contribution in [0.3, 0.4) is 0 Å². The van der Waals surface area contributed by atoms with Crippen LogP contribution < -0.4 is 5.32 Å². The lowest BCUT2D eigenvalue weighted by Gasteiger charge is -2.25. The Morgan fingerprint density at radius 2 is 1.87 bits per heavy atom. The number of nitrogens with zero attached hydrogens (tertiary/aromatic N) is 4. The van der Waals surface area contributed by atoms with Gasteiger partial charge < -0.3 is 10.2 Å². The lowest BCUT2D eigenvalue weighted by Crippen LogP contribution is -2.27. The highest BCUT2D eigenvalue weighted by Gasteiger charge is 2.16. The van der Waals surface area contributed by atoms with E-state index in [0.717, 1.165) is 16.8 Å². The van der Waals surface area contributed by atoms with Crippen molar-refractivity contribution in [3.8, 4) is 6.07 Å². The van der Waals surface area contributed by atoms with Crippen LogP contribution in [0.15, 0.2) is 24.3 Å². The van der Waals surface area contributed by atoms with Gasteiger partial charge in [-0.15, -0.1) is 5.10 Å². The number of hydrogen-bond acceptors (Lipinski definition) is 5. The number of aromatic nitrogens is 2. The van der Waals surface area contributed by atoms with Crippen molar-refractivity contribution in [3.63, 3.8) is 0 Å². The van der Waals surface area contributed by atoms with E-state index in [2.05, 4.69) is 26.5 Å². The number of hydrogen-bond donors (Lipinski definition) is 1. The predicted molar refractivity (Wildman–Crippen MR) is 92.6 cm³/mol. The van der Waals surface area contributed by atoms with Crippen molar-refractivity contribution >= 4 is 17.4 Å². The molecule has 120 valence electrons. The fourth-order valence-corrected chi connectivity index (χ4v) is 2.47. The first-order valence-electron chi connectivity index (χ1n) is 7.33. The van der Waals surface area contributed by atoms with Crippen LogP contribution in [0.25, 0.3) is 0 Å². The number of rotatable bonds is 5. The van der Waals surface area contributed by atoms with Crippen molar-refractivity contribution in [1.29, 1.82) is 5.26 Å². The van der Waals surface area contributed by atoms with Gasteiger partial charge in [-0.25, -0.2) is 0 Å². The van der Waals surface area contributed by atoms with E-state index in [4.69, 9.17) is 11.6 Å². The van der Waals surface area contributed by atoms with Crippen molar-refractivity contribution in [2.75, 3.05) is 26.0 Å². The van der Waals surface area contributed by atoms with Gasteiger partial charge in [-0.1, -0.05) is 23.7 Å². The highest BCUT2D eigenvalue weighted by atomic mass is 35.5. The topological polar surface area (TPSA) is 64.8 Å². The van der Waals surface area contributed by atoms with E-state index in [1.807, 2.05) is 52.2 Å². The maximum Gasteiger partial charge on any atom is 0.167 e. The molecule has 0 aliphatic heterocycles. The van der Waals surface area contributed by atoms with Crippen molar-refractivity contribution < 1.29 is 0 Å². The molecule has 1 atom stereocenters. The van der Waals surface area contributed by atoms with Crippen molar-refractivity contribution in [1.82, 2.24) is 15.1 Å². The molecule has 0 radical (unpaired) electrons. The standard InChI is InChI=1S/C17H20ClN5/c1-11-12(2)21-22-17(15(11)9-19)20-10-16(23(3)4)13-5-7-14(18)8-6-13/h5-8,16H,10H2,1-4H3,(H,20,22). The molecule has 2 rings (SSSR count). The molecule has 5 nitrogen and oxygen atoms in total.